The summed E-state index contributed by atoms with van der Waals surface area (Å²) >= 11 is 9.38. The van der Waals surface area contributed by atoms with Gasteiger partial charge < -0.3 is 0 Å². The highest BCUT2D eigenvalue weighted by molar-refractivity contribution is 9.10. The summed E-state index contributed by atoms with van der Waals surface area (Å²) < 4.78 is 25.2. The van der Waals surface area contributed by atoms with E-state index in [2.05, 4.69) is 15.9 Å². The Morgan fingerprint density at radius 2 is 1.89 bits per heavy atom. The van der Waals surface area contributed by atoms with E-state index >= 15 is 0 Å². The van der Waals surface area contributed by atoms with Crippen LogP contribution in [-0.4, -0.2) is 14.2 Å². The third-order valence-electron chi connectivity index (χ3n) is 2.79. The van der Waals surface area contributed by atoms with Crippen molar-refractivity contribution in [3.05, 3.63) is 52.0 Å². The van der Waals surface area contributed by atoms with Crippen molar-refractivity contribution in [1.29, 1.82) is 0 Å². The van der Waals surface area contributed by atoms with Crippen LogP contribution in [0.5, 0.6) is 0 Å². The van der Waals surface area contributed by atoms with Gasteiger partial charge in [0.1, 0.15) is 0 Å². The van der Waals surface area contributed by atoms with Crippen molar-refractivity contribution < 1.29 is 8.42 Å². The molecule has 19 heavy (non-hydrogen) atoms. The highest BCUT2D eigenvalue weighted by atomic mass is 79.9. The molecule has 0 saturated carbocycles. The van der Waals surface area contributed by atoms with Gasteiger partial charge in [-0.2, -0.15) is 0 Å². The second-order valence-electron chi connectivity index (χ2n) is 4.05. The van der Waals surface area contributed by atoms with E-state index in [9.17, 15) is 8.42 Å². The minimum absolute atomic E-state index is 0.0651. The molecule has 0 heterocycles. The topological polar surface area (TPSA) is 34.1 Å². The van der Waals surface area contributed by atoms with Gasteiger partial charge >= 0.3 is 0 Å². The Labute approximate surface area is 126 Å². The number of hydrogen-bond donors (Lipinski definition) is 0. The molecule has 2 aromatic carbocycles. The zero-order chi connectivity index (χ0) is 14.0. The first-order valence-corrected chi connectivity index (χ1v) is 8.54. The van der Waals surface area contributed by atoms with E-state index in [0.717, 1.165) is 10.0 Å². The molecule has 0 aromatic heterocycles. The van der Waals surface area contributed by atoms with Gasteiger partial charge in [-0.1, -0.05) is 46.6 Å². The van der Waals surface area contributed by atoms with E-state index in [-0.39, 0.29) is 5.75 Å². The van der Waals surface area contributed by atoms with Gasteiger partial charge in [0.05, 0.1) is 10.6 Å². The Kier molecular flexibility index (Phi) is 4.33. The van der Waals surface area contributed by atoms with Gasteiger partial charge in [0.15, 0.2) is 9.84 Å². The van der Waals surface area contributed by atoms with Crippen LogP contribution >= 0.6 is 27.5 Å². The average Bonchev–Trinajstić information content (AvgIpc) is 2.38. The lowest BCUT2D eigenvalue weighted by molar-refractivity contribution is 0.597. The first-order valence-electron chi connectivity index (χ1n) is 5.72. The van der Waals surface area contributed by atoms with Gasteiger partial charge in [-0.15, -0.1) is 0 Å². The van der Waals surface area contributed by atoms with Crippen molar-refractivity contribution in [3.63, 3.8) is 0 Å². The summed E-state index contributed by atoms with van der Waals surface area (Å²) in [7, 11) is -3.28. The monoisotopic (exact) mass is 358 g/mol. The van der Waals surface area contributed by atoms with Gasteiger partial charge in [0.25, 0.3) is 0 Å². The molecule has 2 aromatic rings. The summed E-state index contributed by atoms with van der Waals surface area (Å²) in [5, 5.41) is 0.519. The van der Waals surface area contributed by atoms with Crippen LogP contribution < -0.4 is 0 Å². The zero-order valence-corrected chi connectivity index (χ0v) is 13.4. The summed E-state index contributed by atoms with van der Waals surface area (Å²) in [6.45, 7) is 1.63. The van der Waals surface area contributed by atoms with Crippen LogP contribution in [0.3, 0.4) is 0 Å². The fourth-order valence-electron chi connectivity index (χ4n) is 1.81. The van der Waals surface area contributed by atoms with Crippen LogP contribution in [0.15, 0.2) is 51.8 Å². The molecule has 0 N–H and O–H groups in total. The molecular formula is C14H12BrClO2S. The van der Waals surface area contributed by atoms with Crippen molar-refractivity contribution in [2.75, 3.05) is 5.75 Å². The van der Waals surface area contributed by atoms with Crippen LogP contribution in [0.2, 0.25) is 5.02 Å². The quantitative estimate of drug-likeness (QED) is 0.805. The highest BCUT2D eigenvalue weighted by Gasteiger charge is 2.18. The summed E-state index contributed by atoms with van der Waals surface area (Å²) in [4.78, 5) is 0.317. The van der Waals surface area contributed by atoms with Crippen LogP contribution in [0.1, 0.15) is 6.92 Å². The molecule has 0 unspecified atom stereocenters. The smallest absolute Gasteiger partial charge is 0.178 e. The van der Waals surface area contributed by atoms with E-state index < -0.39 is 9.84 Å². The van der Waals surface area contributed by atoms with Crippen LogP contribution in [0.4, 0.5) is 0 Å². The number of sulfone groups is 1. The van der Waals surface area contributed by atoms with Gasteiger partial charge in [0, 0.05) is 15.1 Å². The number of halogens is 2. The molecular weight excluding hydrogens is 348 g/mol. The predicted octanol–water partition coefficient (Wildman–Crippen LogP) is 4.56. The second kappa shape index (κ2) is 5.65. The molecule has 100 valence electrons. The van der Waals surface area contributed by atoms with Crippen LogP contribution in [-0.2, 0) is 9.84 Å². The maximum absolute atomic E-state index is 12.1. The maximum atomic E-state index is 12.1. The first kappa shape index (κ1) is 14.6. The van der Waals surface area contributed by atoms with E-state index in [1.807, 2.05) is 24.3 Å². The Hall–Kier alpha value is -0.840. The van der Waals surface area contributed by atoms with Crippen molar-refractivity contribution in [2.24, 2.45) is 0 Å². The van der Waals surface area contributed by atoms with Crippen molar-refractivity contribution in [1.82, 2.24) is 0 Å². The number of rotatable bonds is 3. The van der Waals surface area contributed by atoms with Crippen molar-refractivity contribution in [3.8, 4) is 11.1 Å². The predicted molar refractivity (Wildman–Crippen MR) is 82.3 cm³/mol. The summed E-state index contributed by atoms with van der Waals surface area (Å²) in [5.41, 5.74) is 1.46. The fraction of sp³-hybridized carbons (Fsp3) is 0.143. The first-order chi connectivity index (χ1) is 8.94. The molecule has 2 rings (SSSR count). The number of benzene rings is 2. The molecule has 0 bridgehead atoms. The lowest BCUT2D eigenvalue weighted by atomic mass is 10.1. The molecule has 0 saturated heterocycles. The Morgan fingerprint density at radius 1 is 1.16 bits per heavy atom. The van der Waals surface area contributed by atoms with Gasteiger partial charge in [0.2, 0.25) is 0 Å². The molecule has 0 radical (unpaired) electrons. The maximum Gasteiger partial charge on any atom is 0.178 e. The molecule has 5 heteroatoms. The molecule has 0 fully saturated rings. The van der Waals surface area contributed by atoms with E-state index in [1.165, 1.54) is 0 Å². The summed E-state index contributed by atoms with van der Waals surface area (Å²) in [6.07, 6.45) is 0. The second-order valence-corrected chi connectivity index (χ2v) is 7.65. The van der Waals surface area contributed by atoms with Crippen LogP contribution in [0.25, 0.3) is 11.1 Å². The molecule has 2 nitrogen and oxygen atoms in total. The average molecular weight is 360 g/mol. The van der Waals surface area contributed by atoms with Gasteiger partial charge in [-0.05, 0) is 35.9 Å². The van der Waals surface area contributed by atoms with Crippen molar-refractivity contribution in [2.45, 2.75) is 11.8 Å². The standard InChI is InChI=1S/C14H12BrClO2S/c1-2-19(17,18)14-7-6-12(16)9-13(14)10-4-3-5-11(15)8-10/h3-9H,2H2,1H3. The van der Waals surface area contributed by atoms with E-state index in [1.54, 1.807) is 25.1 Å². The third kappa shape index (κ3) is 3.19. The largest absolute Gasteiger partial charge is 0.224 e. The number of hydrogen-bond acceptors (Lipinski definition) is 2. The summed E-state index contributed by atoms with van der Waals surface area (Å²) in [6, 6.07) is 12.4. The van der Waals surface area contributed by atoms with Gasteiger partial charge in [-0.3, -0.25) is 0 Å². The third-order valence-corrected chi connectivity index (χ3v) is 5.31. The molecule has 0 atom stereocenters. The Morgan fingerprint density at radius 3 is 2.53 bits per heavy atom. The van der Waals surface area contributed by atoms with Gasteiger partial charge in [-0.25, -0.2) is 8.42 Å². The molecule has 0 amide bonds. The fourth-order valence-corrected chi connectivity index (χ4v) is 3.48. The van der Waals surface area contributed by atoms with E-state index in [0.29, 0.717) is 15.5 Å². The molecule has 0 aliphatic rings. The van der Waals surface area contributed by atoms with Crippen molar-refractivity contribution >= 4 is 37.4 Å². The zero-order valence-electron chi connectivity index (χ0n) is 10.2. The lowest BCUT2D eigenvalue weighted by Gasteiger charge is -2.10. The normalized spacial score (nSPS) is 11.5. The lowest BCUT2D eigenvalue weighted by Crippen LogP contribution is -2.05. The minimum Gasteiger partial charge on any atom is -0.224 e. The molecule has 0 spiro atoms. The highest BCUT2D eigenvalue weighted by Crippen LogP contribution is 2.32. The molecule has 0 aliphatic heterocycles. The SMILES string of the molecule is CCS(=O)(=O)c1ccc(Cl)cc1-c1cccc(Br)c1. The minimum atomic E-state index is -3.28. The van der Waals surface area contributed by atoms with E-state index in [4.69, 9.17) is 11.6 Å². The Bertz CT molecular complexity index is 711. The Balaban J connectivity index is 2.72. The van der Waals surface area contributed by atoms with Crippen LogP contribution in [0, 0.1) is 0 Å². The summed E-state index contributed by atoms with van der Waals surface area (Å²) in [5.74, 6) is 0.0651. The molecule has 0 aliphatic carbocycles.